The number of hydrogen-bond acceptors (Lipinski definition) is 8. The van der Waals surface area contributed by atoms with Gasteiger partial charge in [-0.1, -0.05) is 49.6 Å². The van der Waals surface area contributed by atoms with Crippen molar-refractivity contribution in [1.29, 1.82) is 0 Å². The summed E-state index contributed by atoms with van der Waals surface area (Å²) in [6, 6.07) is 10.5. The maximum Gasteiger partial charge on any atom is 0.167 e. The van der Waals surface area contributed by atoms with E-state index in [4.69, 9.17) is 15.2 Å². The Kier molecular flexibility index (Phi) is 5.81. The third kappa shape index (κ3) is 3.75. The van der Waals surface area contributed by atoms with Gasteiger partial charge in [0.05, 0.1) is 19.5 Å². The molecule has 3 heterocycles. The summed E-state index contributed by atoms with van der Waals surface area (Å²) >= 11 is 0. The SMILES string of the molecule is Nc1ncnc2c1ncn2[C@@H]1O[C@H](COCC2(c3ccccc3)CCCCC2)[C@@H](O)[C@H]1O. The number of ether oxygens (including phenoxy) is 2. The van der Waals surface area contributed by atoms with Gasteiger partial charge in [-0.05, 0) is 18.4 Å². The van der Waals surface area contributed by atoms with Crippen LogP contribution in [0, 0.1) is 0 Å². The largest absolute Gasteiger partial charge is 0.387 e. The summed E-state index contributed by atoms with van der Waals surface area (Å²) in [6.45, 7) is 0.745. The monoisotopic (exact) mass is 439 g/mol. The van der Waals surface area contributed by atoms with Crippen molar-refractivity contribution < 1.29 is 19.7 Å². The fourth-order valence-corrected chi connectivity index (χ4v) is 5.06. The molecule has 2 aromatic heterocycles. The average molecular weight is 440 g/mol. The highest BCUT2D eigenvalue weighted by atomic mass is 16.6. The molecule has 3 aromatic rings. The second kappa shape index (κ2) is 8.74. The molecule has 32 heavy (non-hydrogen) atoms. The van der Waals surface area contributed by atoms with Gasteiger partial charge in [-0.3, -0.25) is 4.57 Å². The van der Waals surface area contributed by atoms with Crippen LogP contribution in [0.4, 0.5) is 5.82 Å². The zero-order chi connectivity index (χ0) is 22.1. The van der Waals surface area contributed by atoms with E-state index in [0.29, 0.717) is 17.8 Å². The van der Waals surface area contributed by atoms with E-state index in [2.05, 4.69) is 39.2 Å². The minimum Gasteiger partial charge on any atom is -0.387 e. The quantitative estimate of drug-likeness (QED) is 0.532. The first kappa shape index (κ1) is 21.3. The van der Waals surface area contributed by atoms with Crippen LogP contribution >= 0.6 is 0 Å². The summed E-state index contributed by atoms with van der Waals surface area (Å²) in [6.07, 6.45) is 4.87. The fourth-order valence-electron chi connectivity index (χ4n) is 5.06. The lowest BCUT2D eigenvalue weighted by molar-refractivity contribution is -0.0733. The van der Waals surface area contributed by atoms with Crippen LogP contribution in [0.5, 0.6) is 0 Å². The Balaban J connectivity index is 1.28. The van der Waals surface area contributed by atoms with E-state index in [1.54, 1.807) is 4.57 Å². The van der Waals surface area contributed by atoms with E-state index in [1.165, 1.54) is 37.5 Å². The summed E-state index contributed by atoms with van der Waals surface area (Å²) in [5.74, 6) is 0.250. The third-order valence-electron chi connectivity index (χ3n) is 6.86. The van der Waals surface area contributed by atoms with E-state index in [0.717, 1.165) is 12.8 Å². The number of aliphatic hydroxyl groups is 2. The number of fused-ring (bicyclic) bond motifs is 1. The molecule has 170 valence electrons. The lowest BCUT2D eigenvalue weighted by Gasteiger charge is -2.38. The van der Waals surface area contributed by atoms with Crippen LogP contribution in [-0.2, 0) is 14.9 Å². The molecule has 2 fully saturated rings. The van der Waals surface area contributed by atoms with Crippen molar-refractivity contribution >= 4 is 17.0 Å². The summed E-state index contributed by atoms with van der Waals surface area (Å²) in [7, 11) is 0. The molecular weight excluding hydrogens is 410 g/mol. The Morgan fingerprint density at radius 1 is 1.06 bits per heavy atom. The zero-order valence-corrected chi connectivity index (χ0v) is 17.9. The molecular formula is C23H29N5O4. The van der Waals surface area contributed by atoms with Gasteiger partial charge in [-0.2, -0.15) is 0 Å². The summed E-state index contributed by atoms with van der Waals surface area (Å²) in [5.41, 5.74) is 8.01. The number of anilines is 1. The Morgan fingerprint density at radius 3 is 2.62 bits per heavy atom. The standard InChI is InChI=1S/C23H29N5O4/c24-20-17-21(26-13-25-20)28(14-27-17)22-19(30)18(29)16(32-22)11-31-12-23(9-5-2-6-10-23)15-7-3-1-4-8-15/h1,3-4,7-8,13-14,16,18-19,22,29-30H,2,5-6,9-12H2,(H2,24,25,26)/t16-,18-,19-,22-/m1/s1. The Labute approximate surface area is 186 Å². The Morgan fingerprint density at radius 2 is 1.84 bits per heavy atom. The van der Waals surface area contributed by atoms with Gasteiger partial charge in [0, 0.05) is 5.41 Å². The molecule has 0 amide bonds. The normalized spacial score (nSPS) is 27.7. The summed E-state index contributed by atoms with van der Waals surface area (Å²) in [4.78, 5) is 12.4. The fraction of sp³-hybridized carbons (Fsp3) is 0.522. The van der Waals surface area contributed by atoms with Crippen LogP contribution in [0.3, 0.4) is 0 Å². The van der Waals surface area contributed by atoms with Gasteiger partial charge in [0.1, 0.15) is 30.2 Å². The van der Waals surface area contributed by atoms with Gasteiger partial charge in [0.25, 0.3) is 0 Å². The first-order chi connectivity index (χ1) is 15.6. The van der Waals surface area contributed by atoms with Crippen LogP contribution < -0.4 is 5.73 Å². The minimum atomic E-state index is -1.14. The first-order valence-corrected chi connectivity index (χ1v) is 11.2. The highest BCUT2D eigenvalue weighted by molar-refractivity contribution is 5.81. The summed E-state index contributed by atoms with van der Waals surface area (Å²) in [5, 5.41) is 21.3. The highest BCUT2D eigenvalue weighted by Gasteiger charge is 2.45. The van der Waals surface area contributed by atoms with Gasteiger partial charge in [-0.15, -0.1) is 0 Å². The van der Waals surface area contributed by atoms with E-state index < -0.39 is 24.5 Å². The van der Waals surface area contributed by atoms with Crippen LogP contribution in [-0.4, -0.2) is 61.3 Å². The van der Waals surface area contributed by atoms with Crippen molar-refractivity contribution in [2.24, 2.45) is 0 Å². The number of imidazole rings is 1. The molecule has 1 aliphatic carbocycles. The molecule has 1 aliphatic heterocycles. The molecule has 0 unspecified atom stereocenters. The van der Waals surface area contributed by atoms with Gasteiger partial charge in [0.15, 0.2) is 17.7 Å². The van der Waals surface area contributed by atoms with Crippen molar-refractivity contribution in [3.05, 3.63) is 48.5 Å². The number of benzene rings is 1. The van der Waals surface area contributed by atoms with E-state index in [-0.39, 0.29) is 17.8 Å². The molecule has 0 bridgehead atoms. The molecule has 1 saturated heterocycles. The maximum absolute atomic E-state index is 10.7. The average Bonchev–Trinajstić information content (AvgIpc) is 3.38. The molecule has 2 aliphatic rings. The number of aliphatic hydroxyl groups excluding tert-OH is 2. The van der Waals surface area contributed by atoms with Crippen LogP contribution in [0.2, 0.25) is 0 Å². The highest BCUT2D eigenvalue weighted by Crippen LogP contribution is 2.40. The molecule has 4 atom stereocenters. The second-order valence-corrected chi connectivity index (χ2v) is 8.85. The number of nitrogens with zero attached hydrogens (tertiary/aromatic N) is 4. The molecule has 1 saturated carbocycles. The van der Waals surface area contributed by atoms with Crippen LogP contribution in [0.1, 0.15) is 43.9 Å². The van der Waals surface area contributed by atoms with E-state index >= 15 is 0 Å². The third-order valence-corrected chi connectivity index (χ3v) is 6.86. The van der Waals surface area contributed by atoms with Crippen molar-refractivity contribution in [2.45, 2.75) is 62.1 Å². The van der Waals surface area contributed by atoms with E-state index in [1.807, 2.05) is 6.07 Å². The number of rotatable bonds is 6. The Hall–Kier alpha value is -2.59. The van der Waals surface area contributed by atoms with Gasteiger partial charge >= 0.3 is 0 Å². The van der Waals surface area contributed by atoms with Crippen molar-refractivity contribution in [2.75, 3.05) is 18.9 Å². The molecule has 0 spiro atoms. The summed E-state index contributed by atoms with van der Waals surface area (Å²) < 4.78 is 13.7. The molecule has 0 radical (unpaired) electrons. The van der Waals surface area contributed by atoms with Crippen LogP contribution in [0.25, 0.3) is 11.2 Å². The Bertz CT molecular complexity index is 1050. The van der Waals surface area contributed by atoms with Gasteiger partial charge in [0.2, 0.25) is 0 Å². The molecule has 1 aromatic carbocycles. The van der Waals surface area contributed by atoms with Gasteiger partial charge < -0.3 is 25.4 Å². The smallest absolute Gasteiger partial charge is 0.167 e. The van der Waals surface area contributed by atoms with Crippen molar-refractivity contribution in [1.82, 2.24) is 19.5 Å². The predicted octanol–water partition coefficient (Wildman–Crippen LogP) is 1.95. The predicted molar refractivity (Wildman–Crippen MR) is 118 cm³/mol. The minimum absolute atomic E-state index is 0.0178. The number of hydrogen-bond donors (Lipinski definition) is 3. The number of aromatic nitrogens is 4. The lowest BCUT2D eigenvalue weighted by Crippen LogP contribution is -2.38. The van der Waals surface area contributed by atoms with Crippen molar-refractivity contribution in [3.8, 4) is 0 Å². The van der Waals surface area contributed by atoms with Gasteiger partial charge in [-0.25, -0.2) is 15.0 Å². The van der Waals surface area contributed by atoms with Crippen LogP contribution in [0.15, 0.2) is 43.0 Å². The maximum atomic E-state index is 10.7. The zero-order valence-electron chi connectivity index (χ0n) is 17.9. The lowest BCUT2D eigenvalue weighted by atomic mass is 9.70. The number of nitrogen functional groups attached to an aromatic ring is 1. The topological polar surface area (TPSA) is 129 Å². The molecule has 9 nitrogen and oxygen atoms in total. The number of nitrogens with two attached hydrogens (primary N) is 1. The van der Waals surface area contributed by atoms with Crippen molar-refractivity contribution in [3.63, 3.8) is 0 Å². The molecule has 9 heteroatoms. The second-order valence-electron chi connectivity index (χ2n) is 8.85. The first-order valence-electron chi connectivity index (χ1n) is 11.2. The molecule has 4 N–H and O–H groups in total. The molecule has 5 rings (SSSR count). The van der Waals surface area contributed by atoms with E-state index in [9.17, 15) is 10.2 Å².